The lowest BCUT2D eigenvalue weighted by Crippen LogP contribution is -2.30. The molecular formula is C20H20BN7O4. The quantitative estimate of drug-likeness (QED) is 0.275. The summed E-state index contributed by atoms with van der Waals surface area (Å²) in [7, 11) is 0.0350. The zero-order valence-electron chi connectivity index (χ0n) is 17.1. The summed E-state index contributed by atoms with van der Waals surface area (Å²) in [6, 6.07) is 12.4. The van der Waals surface area contributed by atoms with Gasteiger partial charge in [-0.1, -0.05) is 36.4 Å². The van der Waals surface area contributed by atoms with Crippen LogP contribution in [0.25, 0.3) is 16.9 Å². The van der Waals surface area contributed by atoms with E-state index in [1.807, 2.05) is 18.2 Å². The Hall–Kier alpha value is -3.87. The number of hydrogen-bond acceptors (Lipinski definition) is 9. The van der Waals surface area contributed by atoms with Crippen LogP contribution in [0.3, 0.4) is 0 Å². The molecule has 0 aliphatic heterocycles. The smallest absolute Gasteiger partial charge is 0.423 e. The lowest BCUT2D eigenvalue weighted by molar-refractivity contribution is 0.0995. The first-order valence-corrected chi connectivity index (χ1v) is 9.66. The van der Waals surface area contributed by atoms with Crippen molar-refractivity contribution in [3.05, 3.63) is 65.5 Å². The summed E-state index contributed by atoms with van der Waals surface area (Å²) in [4.78, 5) is 16.3. The average molecular weight is 433 g/mol. The zero-order chi connectivity index (χ0) is 22.7. The monoisotopic (exact) mass is 433 g/mol. The van der Waals surface area contributed by atoms with E-state index in [-0.39, 0.29) is 24.0 Å². The Balaban J connectivity index is 1.68. The Bertz CT molecular complexity index is 1280. The van der Waals surface area contributed by atoms with E-state index < -0.39 is 13.0 Å². The molecule has 32 heavy (non-hydrogen) atoms. The first kappa shape index (κ1) is 21.4. The number of aromatic nitrogens is 5. The maximum Gasteiger partial charge on any atom is 0.488 e. The van der Waals surface area contributed by atoms with E-state index in [1.54, 1.807) is 37.6 Å². The molecule has 0 spiro atoms. The molecule has 0 bridgehead atoms. The van der Waals surface area contributed by atoms with Gasteiger partial charge in [0.25, 0.3) is 11.9 Å². The highest BCUT2D eigenvalue weighted by Crippen LogP contribution is 2.22. The van der Waals surface area contributed by atoms with Crippen molar-refractivity contribution in [1.29, 1.82) is 0 Å². The molecule has 2 heterocycles. The molecule has 4 rings (SSSR count). The summed E-state index contributed by atoms with van der Waals surface area (Å²) >= 11 is 0. The predicted octanol–water partition coefficient (Wildman–Crippen LogP) is -0.252. The fourth-order valence-electron chi connectivity index (χ4n) is 3.30. The predicted molar refractivity (Wildman–Crippen MR) is 117 cm³/mol. The molecule has 4 aromatic rings. The third-order valence-corrected chi connectivity index (χ3v) is 4.81. The number of primary amides is 1. The Morgan fingerprint density at radius 2 is 2.03 bits per heavy atom. The number of ether oxygens (including phenoxy) is 1. The molecule has 11 nitrogen and oxygen atoms in total. The largest absolute Gasteiger partial charge is 0.488 e. The first-order valence-electron chi connectivity index (χ1n) is 9.66. The van der Waals surface area contributed by atoms with Gasteiger partial charge in [-0.15, -0.1) is 10.2 Å². The van der Waals surface area contributed by atoms with Gasteiger partial charge in [-0.05, 0) is 22.7 Å². The van der Waals surface area contributed by atoms with Crippen LogP contribution < -0.4 is 16.5 Å². The lowest BCUT2D eigenvalue weighted by atomic mass is 9.80. The van der Waals surface area contributed by atoms with Crippen molar-refractivity contribution in [3.63, 3.8) is 0 Å². The van der Waals surface area contributed by atoms with Crippen LogP contribution >= 0.6 is 0 Å². The molecule has 2 aromatic heterocycles. The Labute approximate surface area is 183 Å². The molecule has 5 N–H and O–H groups in total. The number of anilines is 1. The van der Waals surface area contributed by atoms with Crippen molar-refractivity contribution in [2.24, 2.45) is 5.73 Å². The van der Waals surface area contributed by atoms with E-state index in [4.69, 9.17) is 10.5 Å². The number of fused-ring (bicyclic) bond motifs is 1. The second-order valence-corrected chi connectivity index (χ2v) is 6.98. The van der Waals surface area contributed by atoms with Gasteiger partial charge in [0.2, 0.25) is 0 Å². The van der Waals surface area contributed by atoms with Crippen LogP contribution in [0.15, 0.2) is 48.7 Å². The van der Waals surface area contributed by atoms with E-state index in [0.29, 0.717) is 12.1 Å². The van der Waals surface area contributed by atoms with E-state index in [0.717, 1.165) is 22.0 Å². The fraction of sp³-hybridized carbons (Fsp3) is 0.150. The van der Waals surface area contributed by atoms with Crippen molar-refractivity contribution < 1.29 is 19.6 Å². The van der Waals surface area contributed by atoms with Crippen molar-refractivity contribution in [3.8, 4) is 5.95 Å². The fourth-order valence-corrected chi connectivity index (χ4v) is 3.30. The van der Waals surface area contributed by atoms with Crippen LogP contribution in [0.2, 0.25) is 0 Å². The van der Waals surface area contributed by atoms with Crippen LogP contribution in [-0.2, 0) is 17.9 Å². The highest BCUT2D eigenvalue weighted by Gasteiger charge is 2.18. The molecule has 162 valence electrons. The first-order chi connectivity index (χ1) is 15.5. The highest BCUT2D eigenvalue weighted by atomic mass is 16.5. The minimum atomic E-state index is -1.58. The molecule has 1 amide bonds. The third kappa shape index (κ3) is 4.28. The van der Waals surface area contributed by atoms with E-state index >= 15 is 0 Å². The number of rotatable bonds is 8. The lowest BCUT2D eigenvalue weighted by Gasteiger charge is -2.11. The van der Waals surface area contributed by atoms with E-state index in [9.17, 15) is 14.8 Å². The summed E-state index contributed by atoms with van der Waals surface area (Å²) in [6.45, 7) is 0.661. The number of nitrogens with one attached hydrogen (secondary N) is 1. The molecule has 0 aliphatic carbocycles. The van der Waals surface area contributed by atoms with Crippen LogP contribution in [0.5, 0.6) is 0 Å². The van der Waals surface area contributed by atoms with Crippen molar-refractivity contribution in [2.45, 2.75) is 13.2 Å². The van der Waals surface area contributed by atoms with E-state index in [1.165, 1.54) is 4.68 Å². The van der Waals surface area contributed by atoms with Gasteiger partial charge in [-0.25, -0.2) is 0 Å². The number of carbonyl (C=O) groups is 1. The second kappa shape index (κ2) is 9.10. The minimum absolute atomic E-state index is 0.122. The summed E-state index contributed by atoms with van der Waals surface area (Å²) < 4.78 is 6.75. The summed E-state index contributed by atoms with van der Waals surface area (Å²) in [5, 5.41) is 35.0. The van der Waals surface area contributed by atoms with Crippen molar-refractivity contribution in [2.75, 3.05) is 12.4 Å². The molecule has 0 radical (unpaired) electrons. The SMILES string of the molecule is COCc1cccc2c1cnn2-c1nnc(C(N)=O)c(NCc2cccc(B(O)O)c2)n1. The standard InChI is InChI=1S/C20H20BN7O4/c1-32-11-13-5-3-7-16-15(13)10-24-28(16)20-25-19(17(18(22)29)26-27-20)23-9-12-4-2-6-14(8-12)21(30)31/h2-8,10,30-31H,9,11H2,1H3,(H2,22,29)(H,23,25,27). The molecule has 0 atom stereocenters. The molecule has 0 saturated heterocycles. The molecule has 0 aliphatic rings. The van der Waals surface area contributed by atoms with Crippen LogP contribution in [-0.4, -0.2) is 55.1 Å². The third-order valence-electron chi connectivity index (χ3n) is 4.81. The summed E-state index contributed by atoms with van der Waals surface area (Å²) in [5.74, 6) is -0.498. The number of amides is 1. The number of nitrogens with two attached hydrogens (primary N) is 1. The van der Waals surface area contributed by atoms with Gasteiger partial charge in [0.05, 0.1) is 18.3 Å². The van der Waals surface area contributed by atoms with Crippen LogP contribution in [0.4, 0.5) is 5.82 Å². The maximum atomic E-state index is 11.8. The normalized spacial score (nSPS) is 11.0. The van der Waals surface area contributed by atoms with Gasteiger partial charge in [-0.3, -0.25) is 4.79 Å². The molecule has 0 unspecified atom stereocenters. The number of hydrogen-bond donors (Lipinski definition) is 4. The topological polar surface area (TPSA) is 161 Å². The molecular weight excluding hydrogens is 413 g/mol. The number of methoxy groups -OCH3 is 1. The number of benzene rings is 2. The van der Waals surface area contributed by atoms with Crippen molar-refractivity contribution in [1.82, 2.24) is 25.0 Å². The molecule has 2 aromatic carbocycles. The van der Waals surface area contributed by atoms with Gasteiger partial charge in [-0.2, -0.15) is 14.8 Å². The van der Waals surface area contributed by atoms with Gasteiger partial charge < -0.3 is 25.8 Å². The van der Waals surface area contributed by atoms with Crippen LogP contribution in [0, 0.1) is 0 Å². The van der Waals surface area contributed by atoms with Crippen LogP contribution in [0.1, 0.15) is 21.6 Å². The molecule has 0 saturated carbocycles. The summed E-state index contributed by atoms with van der Waals surface area (Å²) in [5.41, 5.74) is 8.11. The van der Waals surface area contributed by atoms with Gasteiger partial charge >= 0.3 is 7.12 Å². The maximum absolute atomic E-state index is 11.8. The summed E-state index contributed by atoms with van der Waals surface area (Å²) in [6.07, 6.45) is 1.69. The van der Waals surface area contributed by atoms with Crippen molar-refractivity contribution >= 4 is 35.2 Å². The Morgan fingerprint density at radius 1 is 1.22 bits per heavy atom. The minimum Gasteiger partial charge on any atom is -0.423 e. The molecule has 12 heteroatoms. The number of nitrogens with zero attached hydrogens (tertiary/aromatic N) is 5. The Kier molecular flexibility index (Phi) is 6.08. The number of carbonyl (C=O) groups excluding carboxylic acids is 1. The van der Waals surface area contributed by atoms with Gasteiger partial charge in [0, 0.05) is 19.0 Å². The Morgan fingerprint density at radius 3 is 2.78 bits per heavy atom. The zero-order valence-corrected chi connectivity index (χ0v) is 17.1. The van der Waals surface area contributed by atoms with Gasteiger partial charge in [0.1, 0.15) is 0 Å². The highest BCUT2D eigenvalue weighted by molar-refractivity contribution is 6.58. The molecule has 0 fully saturated rings. The van der Waals surface area contributed by atoms with E-state index in [2.05, 4.69) is 25.6 Å². The average Bonchev–Trinajstić information content (AvgIpc) is 3.23. The van der Waals surface area contributed by atoms with Gasteiger partial charge in [0.15, 0.2) is 11.5 Å². The second-order valence-electron chi connectivity index (χ2n) is 6.98.